The highest BCUT2D eigenvalue weighted by Gasteiger charge is 2.01. The van der Waals surface area contributed by atoms with Gasteiger partial charge in [-0.05, 0) is 28.5 Å². The Kier molecular flexibility index (Phi) is 3.07. The molecule has 3 aromatic carbocycles. The lowest BCUT2D eigenvalue weighted by Gasteiger charge is -2.11. The molecule has 0 aliphatic rings. The fourth-order valence-electron chi connectivity index (χ4n) is 2.30. The average molecular weight is 248 g/mol. The van der Waals surface area contributed by atoms with E-state index < -0.39 is 0 Å². The van der Waals surface area contributed by atoms with Crippen LogP contribution in [-0.2, 0) is 6.54 Å². The van der Waals surface area contributed by atoms with Gasteiger partial charge in [0.15, 0.2) is 0 Å². The second kappa shape index (κ2) is 5.02. The second-order valence-electron chi connectivity index (χ2n) is 4.58. The molecule has 0 atom stereocenters. The Labute approximate surface area is 112 Å². The highest BCUT2D eigenvalue weighted by molar-refractivity contribution is 5.86. The molecule has 94 valence electrons. The monoisotopic (exact) mass is 248 g/mol. The summed E-state index contributed by atoms with van der Waals surface area (Å²) in [6, 6.07) is 22.6. The van der Waals surface area contributed by atoms with Crippen molar-refractivity contribution in [2.45, 2.75) is 6.54 Å². The Balaban J connectivity index is 1.88. The van der Waals surface area contributed by atoms with Crippen molar-refractivity contribution in [2.75, 3.05) is 11.1 Å². The zero-order valence-corrected chi connectivity index (χ0v) is 10.6. The molecule has 0 spiro atoms. The molecule has 0 saturated heterocycles. The number of nitrogens with two attached hydrogens (primary N) is 1. The van der Waals surface area contributed by atoms with Crippen molar-refractivity contribution in [3.8, 4) is 0 Å². The topological polar surface area (TPSA) is 38.0 Å². The molecule has 0 fully saturated rings. The van der Waals surface area contributed by atoms with Crippen LogP contribution in [0.3, 0.4) is 0 Å². The van der Waals surface area contributed by atoms with Gasteiger partial charge in [0.1, 0.15) is 0 Å². The van der Waals surface area contributed by atoms with Crippen molar-refractivity contribution in [1.29, 1.82) is 0 Å². The van der Waals surface area contributed by atoms with Crippen molar-refractivity contribution in [3.05, 3.63) is 72.3 Å². The largest absolute Gasteiger partial charge is 0.397 e. The van der Waals surface area contributed by atoms with Crippen molar-refractivity contribution in [1.82, 2.24) is 0 Å². The predicted octanol–water partition coefficient (Wildman–Crippen LogP) is 4.03. The van der Waals surface area contributed by atoms with Crippen LogP contribution in [0.5, 0.6) is 0 Å². The van der Waals surface area contributed by atoms with E-state index in [1.165, 1.54) is 16.3 Å². The summed E-state index contributed by atoms with van der Waals surface area (Å²) in [5.74, 6) is 0. The molecule has 3 rings (SSSR count). The van der Waals surface area contributed by atoms with E-state index in [4.69, 9.17) is 5.73 Å². The maximum Gasteiger partial charge on any atom is 0.0576 e. The Morgan fingerprint density at radius 2 is 1.53 bits per heavy atom. The summed E-state index contributed by atoms with van der Waals surface area (Å²) < 4.78 is 0. The summed E-state index contributed by atoms with van der Waals surface area (Å²) in [5, 5.41) is 5.95. The van der Waals surface area contributed by atoms with Gasteiger partial charge in [-0.2, -0.15) is 0 Å². The van der Waals surface area contributed by atoms with E-state index in [2.05, 4.69) is 47.8 Å². The van der Waals surface area contributed by atoms with E-state index >= 15 is 0 Å². The highest BCUT2D eigenvalue weighted by atomic mass is 14.9. The molecule has 19 heavy (non-hydrogen) atoms. The van der Waals surface area contributed by atoms with Gasteiger partial charge in [0, 0.05) is 6.54 Å². The third-order valence-corrected chi connectivity index (χ3v) is 3.31. The number of fused-ring (bicyclic) bond motifs is 1. The lowest BCUT2D eigenvalue weighted by molar-refractivity contribution is 1.17. The number of para-hydroxylation sites is 2. The summed E-state index contributed by atoms with van der Waals surface area (Å²) in [7, 11) is 0. The molecule has 0 aliphatic heterocycles. The van der Waals surface area contributed by atoms with Gasteiger partial charge in [0.2, 0.25) is 0 Å². The van der Waals surface area contributed by atoms with E-state index in [0.717, 1.165) is 17.9 Å². The van der Waals surface area contributed by atoms with E-state index in [0.29, 0.717) is 0 Å². The zero-order valence-electron chi connectivity index (χ0n) is 10.6. The third-order valence-electron chi connectivity index (χ3n) is 3.31. The Hall–Kier alpha value is -2.48. The van der Waals surface area contributed by atoms with Crippen LogP contribution in [0.1, 0.15) is 5.56 Å². The van der Waals surface area contributed by atoms with E-state index in [9.17, 15) is 0 Å². The van der Waals surface area contributed by atoms with Gasteiger partial charge in [-0.3, -0.25) is 0 Å². The van der Waals surface area contributed by atoms with E-state index in [-0.39, 0.29) is 0 Å². The Morgan fingerprint density at radius 3 is 2.42 bits per heavy atom. The normalized spacial score (nSPS) is 10.5. The Bertz CT molecular complexity index is 699. The molecule has 3 N–H and O–H groups in total. The summed E-state index contributed by atoms with van der Waals surface area (Å²) in [4.78, 5) is 0. The van der Waals surface area contributed by atoms with Crippen LogP contribution in [0.4, 0.5) is 11.4 Å². The first kappa shape index (κ1) is 11.6. The van der Waals surface area contributed by atoms with Gasteiger partial charge in [-0.25, -0.2) is 0 Å². The van der Waals surface area contributed by atoms with Gasteiger partial charge >= 0.3 is 0 Å². The first-order valence-electron chi connectivity index (χ1n) is 6.39. The number of nitrogen functional groups attached to an aromatic ring is 1. The lowest BCUT2D eigenvalue weighted by Crippen LogP contribution is -2.02. The number of hydrogen-bond acceptors (Lipinski definition) is 2. The molecule has 2 nitrogen and oxygen atoms in total. The second-order valence-corrected chi connectivity index (χ2v) is 4.58. The molecule has 2 heteroatoms. The SMILES string of the molecule is Nc1ccccc1NCc1cccc2ccccc12. The maximum atomic E-state index is 5.93. The molecule has 0 heterocycles. The van der Waals surface area contributed by atoms with Crippen molar-refractivity contribution in [2.24, 2.45) is 0 Å². The first-order valence-corrected chi connectivity index (χ1v) is 6.39. The maximum absolute atomic E-state index is 5.93. The van der Waals surface area contributed by atoms with Crippen molar-refractivity contribution in [3.63, 3.8) is 0 Å². The highest BCUT2D eigenvalue weighted by Crippen LogP contribution is 2.22. The van der Waals surface area contributed by atoms with E-state index in [1.54, 1.807) is 0 Å². The molecule has 0 saturated carbocycles. The van der Waals surface area contributed by atoms with Gasteiger partial charge in [-0.1, -0.05) is 54.6 Å². The predicted molar refractivity (Wildman–Crippen MR) is 82.1 cm³/mol. The molecule has 0 bridgehead atoms. The minimum atomic E-state index is 0.773. The van der Waals surface area contributed by atoms with Crippen LogP contribution >= 0.6 is 0 Å². The fraction of sp³-hybridized carbons (Fsp3) is 0.0588. The molecule has 0 amide bonds. The van der Waals surface area contributed by atoms with Gasteiger partial charge in [0.25, 0.3) is 0 Å². The van der Waals surface area contributed by atoms with Crippen molar-refractivity contribution < 1.29 is 0 Å². The quantitative estimate of drug-likeness (QED) is 0.687. The smallest absolute Gasteiger partial charge is 0.0576 e. The van der Waals surface area contributed by atoms with Crippen molar-refractivity contribution >= 4 is 22.1 Å². The standard InChI is InChI=1S/C17H16N2/c18-16-10-3-4-11-17(16)19-12-14-8-5-7-13-6-1-2-9-15(13)14/h1-11,19H,12,18H2. The fourth-order valence-corrected chi connectivity index (χ4v) is 2.30. The summed E-state index contributed by atoms with van der Waals surface area (Å²) in [6.07, 6.45) is 0. The molecule has 0 aliphatic carbocycles. The number of nitrogens with one attached hydrogen (secondary N) is 1. The van der Waals surface area contributed by atoms with Gasteiger partial charge in [-0.15, -0.1) is 0 Å². The van der Waals surface area contributed by atoms with Crippen LogP contribution in [0.15, 0.2) is 66.7 Å². The number of hydrogen-bond donors (Lipinski definition) is 2. The lowest BCUT2D eigenvalue weighted by atomic mass is 10.0. The van der Waals surface area contributed by atoms with E-state index in [1.807, 2.05) is 24.3 Å². The molecule has 0 unspecified atom stereocenters. The minimum absolute atomic E-state index is 0.773. The number of benzene rings is 3. The molecule has 3 aromatic rings. The summed E-state index contributed by atoms with van der Waals surface area (Å²) >= 11 is 0. The number of anilines is 2. The minimum Gasteiger partial charge on any atom is -0.397 e. The average Bonchev–Trinajstić information content (AvgIpc) is 2.46. The van der Waals surface area contributed by atoms with Crippen LogP contribution in [-0.4, -0.2) is 0 Å². The summed E-state index contributed by atoms with van der Waals surface area (Å²) in [5.41, 5.74) is 8.98. The Morgan fingerprint density at radius 1 is 0.789 bits per heavy atom. The first-order chi connectivity index (χ1) is 9.34. The zero-order chi connectivity index (χ0) is 13.1. The molecular weight excluding hydrogens is 232 g/mol. The molecular formula is C17H16N2. The van der Waals surface area contributed by atoms with Gasteiger partial charge in [0.05, 0.1) is 11.4 Å². The third kappa shape index (κ3) is 2.38. The van der Waals surface area contributed by atoms with Crippen LogP contribution < -0.4 is 11.1 Å². The van der Waals surface area contributed by atoms with Gasteiger partial charge < -0.3 is 11.1 Å². The van der Waals surface area contributed by atoms with Crippen LogP contribution in [0.25, 0.3) is 10.8 Å². The molecule has 0 aromatic heterocycles. The van der Waals surface area contributed by atoms with Crippen LogP contribution in [0.2, 0.25) is 0 Å². The van der Waals surface area contributed by atoms with Crippen LogP contribution in [0, 0.1) is 0 Å². The summed E-state index contributed by atoms with van der Waals surface area (Å²) in [6.45, 7) is 0.773. The number of rotatable bonds is 3. The molecule has 0 radical (unpaired) electrons.